The second-order valence-electron chi connectivity index (χ2n) is 25.0. The monoisotopic (exact) mass is 1020 g/mol. The summed E-state index contributed by atoms with van der Waals surface area (Å²) in [5, 5.41) is 19.3. The molecule has 0 spiro atoms. The quantitative estimate of drug-likeness (QED) is 0.107. The van der Waals surface area contributed by atoms with Crippen molar-refractivity contribution in [2.24, 2.45) is 28.6 Å². The van der Waals surface area contributed by atoms with E-state index in [4.69, 9.17) is 0 Å². The molecular weight excluding hydrogens is 941 g/mol. The molecular formula is C61H82N8O6. The van der Waals surface area contributed by atoms with Crippen molar-refractivity contribution in [3.8, 4) is 0 Å². The molecule has 5 fully saturated rings. The first-order valence-electron chi connectivity index (χ1n) is 28.4. The van der Waals surface area contributed by atoms with E-state index in [1.165, 1.54) is 30.4 Å². The van der Waals surface area contributed by atoms with Crippen LogP contribution in [0.3, 0.4) is 0 Å². The van der Waals surface area contributed by atoms with Crippen molar-refractivity contribution in [3.63, 3.8) is 0 Å². The van der Waals surface area contributed by atoms with E-state index in [9.17, 15) is 14.4 Å². The molecule has 8 aliphatic rings. The van der Waals surface area contributed by atoms with Crippen LogP contribution >= 0.6 is 0 Å². The Hall–Kier alpha value is -5.60. The average molecular weight is 1020 g/mol. The molecule has 6 amide bonds. The van der Waals surface area contributed by atoms with E-state index >= 15 is 14.4 Å². The number of nitrogens with one attached hydrogen (secondary N) is 6. The summed E-state index contributed by atoms with van der Waals surface area (Å²) < 4.78 is 0. The summed E-state index contributed by atoms with van der Waals surface area (Å²) in [6.07, 6.45) is 12.3. The molecule has 0 aromatic heterocycles. The number of rotatable bonds is 14. The number of amides is 6. The third-order valence-corrected chi connectivity index (χ3v) is 19.0. The lowest BCUT2D eigenvalue weighted by atomic mass is 9.47. The standard InChI is InChI=1S/C61H82N8O6/c1-35(62-6)54(70)66-52(60(3,4)5)58(74)68-34-45(29-51(68)57(73)65-49-21-13-17-41-15-9-11-19-47(41)49)42-22-23-43-28-50(56(72)64-48-20-12-16-40-14-8-10-18-46(40)48)69(33-44(43)27-42)59(75)53(67-55(71)36(2)63-7)61-30-37-24-38(31-61)26-39(25-37)32-61/h8-11,14-15,18-19,22-23,27,35-39,45,48-53,62-63H,12-13,16-17,20-21,24-26,28-34H2,1-7H3,(H,64,72)(H,65,73)(H,66,70)(H,67,71)/t35-,36-,37?,38?,39?,45?,48?,49+,50-,51?,52?,53?,61?/m0/s1. The van der Waals surface area contributed by atoms with Gasteiger partial charge in [0.15, 0.2) is 0 Å². The van der Waals surface area contributed by atoms with Crippen molar-refractivity contribution in [2.45, 2.75) is 185 Å². The minimum absolute atomic E-state index is 0.170. The number of hydrogen-bond donors (Lipinski definition) is 6. The predicted molar refractivity (Wildman–Crippen MR) is 289 cm³/mol. The maximum absolute atomic E-state index is 16.0. The number of aryl methyl sites for hydroxylation is 2. The van der Waals surface area contributed by atoms with Crippen LogP contribution in [0.4, 0.5) is 0 Å². The van der Waals surface area contributed by atoms with Crippen LogP contribution in [-0.2, 0) is 54.6 Å². The molecule has 11 rings (SSSR count). The molecule has 14 nitrogen and oxygen atoms in total. The topological polar surface area (TPSA) is 181 Å². The second-order valence-corrected chi connectivity index (χ2v) is 25.0. The van der Waals surface area contributed by atoms with Crippen LogP contribution in [0, 0.1) is 28.6 Å². The maximum Gasteiger partial charge on any atom is 0.246 e. The first-order chi connectivity index (χ1) is 35.9. The van der Waals surface area contributed by atoms with Gasteiger partial charge in [0.2, 0.25) is 35.4 Å². The molecule has 2 aliphatic heterocycles. The molecule has 6 N–H and O–H groups in total. The summed E-state index contributed by atoms with van der Waals surface area (Å²) in [5.41, 5.74) is 6.44. The van der Waals surface area contributed by atoms with Crippen LogP contribution in [0.1, 0.15) is 162 Å². The molecule has 14 heteroatoms. The summed E-state index contributed by atoms with van der Waals surface area (Å²) in [5.74, 6) is -0.115. The molecule has 4 bridgehead atoms. The largest absolute Gasteiger partial charge is 0.347 e. The lowest BCUT2D eigenvalue weighted by Crippen LogP contribution is -2.66. The Kier molecular flexibility index (Phi) is 15.1. The smallest absolute Gasteiger partial charge is 0.246 e. The molecule has 6 aliphatic carbocycles. The highest BCUT2D eigenvalue weighted by Gasteiger charge is 2.58. The van der Waals surface area contributed by atoms with E-state index < -0.39 is 47.1 Å². The van der Waals surface area contributed by atoms with Gasteiger partial charge in [-0.15, -0.1) is 0 Å². The van der Waals surface area contributed by atoms with E-state index in [1.807, 2.05) is 52.0 Å². The Morgan fingerprint density at radius 1 is 0.613 bits per heavy atom. The van der Waals surface area contributed by atoms with Gasteiger partial charge >= 0.3 is 0 Å². The molecule has 1 saturated heterocycles. The van der Waals surface area contributed by atoms with Gasteiger partial charge in [-0.25, -0.2) is 0 Å². The van der Waals surface area contributed by atoms with Gasteiger partial charge in [0.05, 0.1) is 24.2 Å². The number of hydrogen-bond acceptors (Lipinski definition) is 8. The van der Waals surface area contributed by atoms with Crippen LogP contribution in [0.2, 0.25) is 0 Å². The van der Waals surface area contributed by atoms with E-state index in [0.717, 1.165) is 85.6 Å². The van der Waals surface area contributed by atoms with Crippen molar-refractivity contribution in [1.29, 1.82) is 0 Å². The minimum atomic E-state index is -0.906. The van der Waals surface area contributed by atoms with Gasteiger partial charge < -0.3 is 41.7 Å². The lowest BCUT2D eigenvalue weighted by Gasteiger charge is -2.59. The molecule has 75 heavy (non-hydrogen) atoms. The van der Waals surface area contributed by atoms with Crippen molar-refractivity contribution >= 4 is 35.4 Å². The minimum Gasteiger partial charge on any atom is -0.347 e. The van der Waals surface area contributed by atoms with E-state index in [1.54, 1.807) is 30.8 Å². The maximum atomic E-state index is 16.0. The molecule has 2 heterocycles. The molecule has 402 valence electrons. The average Bonchev–Trinajstić information content (AvgIpc) is 3.90. The Bertz CT molecular complexity index is 2640. The summed E-state index contributed by atoms with van der Waals surface area (Å²) in [6, 6.07) is 18.1. The number of likely N-dealkylation sites (N-methyl/N-ethyl adjacent to an activating group) is 2. The summed E-state index contributed by atoms with van der Waals surface area (Å²) in [4.78, 5) is 92.0. The van der Waals surface area contributed by atoms with E-state index in [2.05, 4.69) is 74.4 Å². The number of benzene rings is 3. The first kappa shape index (κ1) is 52.8. The van der Waals surface area contributed by atoms with Crippen LogP contribution in [0.15, 0.2) is 66.7 Å². The van der Waals surface area contributed by atoms with Crippen molar-refractivity contribution in [1.82, 2.24) is 41.7 Å². The lowest BCUT2D eigenvalue weighted by molar-refractivity contribution is -0.155. The van der Waals surface area contributed by atoms with Crippen LogP contribution in [0.5, 0.6) is 0 Å². The van der Waals surface area contributed by atoms with Gasteiger partial charge in [-0.2, -0.15) is 0 Å². The predicted octanol–water partition coefficient (Wildman–Crippen LogP) is 6.46. The van der Waals surface area contributed by atoms with Crippen LogP contribution in [-0.4, -0.2) is 102 Å². The van der Waals surface area contributed by atoms with E-state index in [-0.39, 0.29) is 66.5 Å². The molecule has 3 aromatic carbocycles. The fraction of sp³-hybridized carbons (Fsp3) is 0.607. The summed E-state index contributed by atoms with van der Waals surface area (Å²) >= 11 is 0. The van der Waals surface area contributed by atoms with Gasteiger partial charge in [-0.3, -0.25) is 28.8 Å². The highest BCUT2D eigenvalue weighted by atomic mass is 16.2. The number of likely N-dealkylation sites (tertiary alicyclic amines) is 1. The van der Waals surface area contributed by atoms with Crippen molar-refractivity contribution in [3.05, 3.63) is 106 Å². The number of carbonyl (C=O) groups excluding carboxylic acids is 6. The second kappa shape index (κ2) is 21.4. The van der Waals surface area contributed by atoms with Crippen molar-refractivity contribution < 1.29 is 28.8 Å². The van der Waals surface area contributed by atoms with Crippen molar-refractivity contribution in [2.75, 3.05) is 20.6 Å². The zero-order chi connectivity index (χ0) is 52.9. The SMILES string of the molecule is CN[C@@H](C)C(=O)NC(C(=O)N1CC(c2ccc3c(c2)CN(C(=O)C(NC(=O)[C@H](C)NC)C24CC5CC(CC(C5)C2)C4)[C@H](C(=O)NC2CCCc4ccccc42)C3)CC1C(=O)N[C@@H]1CCCc2ccccc21)C(C)(C)C. The molecule has 9 atom stereocenters. The van der Waals surface area contributed by atoms with Gasteiger partial charge in [0.1, 0.15) is 24.2 Å². The van der Waals surface area contributed by atoms with Gasteiger partial charge in [-0.1, -0.05) is 87.5 Å². The zero-order valence-corrected chi connectivity index (χ0v) is 45.4. The fourth-order valence-corrected chi connectivity index (χ4v) is 15.0. The van der Waals surface area contributed by atoms with Gasteiger partial charge in [0, 0.05) is 30.8 Å². The molecule has 3 aromatic rings. The van der Waals surface area contributed by atoms with Crippen LogP contribution in [0.25, 0.3) is 0 Å². The number of carbonyl (C=O) groups is 6. The third kappa shape index (κ3) is 10.6. The number of fused-ring (bicyclic) bond motifs is 3. The summed E-state index contributed by atoms with van der Waals surface area (Å²) in [6.45, 7) is 9.78. The Balaban J connectivity index is 0.987. The highest BCUT2D eigenvalue weighted by molar-refractivity contribution is 5.95. The number of nitrogens with zero attached hydrogens (tertiary/aromatic N) is 2. The first-order valence-corrected chi connectivity index (χ1v) is 28.4. The fourth-order valence-electron chi connectivity index (χ4n) is 15.0. The Morgan fingerprint density at radius 3 is 1.69 bits per heavy atom. The Morgan fingerprint density at radius 2 is 1.15 bits per heavy atom. The summed E-state index contributed by atoms with van der Waals surface area (Å²) in [7, 11) is 3.46. The zero-order valence-electron chi connectivity index (χ0n) is 45.4. The highest BCUT2D eigenvalue weighted by Crippen LogP contribution is 2.61. The van der Waals surface area contributed by atoms with Crippen LogP contribution < -0.4 is 31.9 Å². The normalized spacial score (nSPS) is 29.2. The Labute approximate surface area is 444 Å². The van der Waals surface area contributed by atoms with Gasteiger partial charge in [0.25, 0.3) is 0 Å². The molecule has 5 unspecified atom stereocenters. The van der Waals surface area contributed by atoms with E-state index in [0.29, 0.717) is 30.6 Å². The molecule has 4 saturated carbocycles. The van der Waals surface area contributed by atoms with Gasteiger partial charge in [-0.05, 0) is 174 Å². The molecule has 0 radical (unpaired) electrons. The third-order valence-electron chi connectivity index (χ3n) is 19.0.